The zero-order chi connectivity index (χ0) is 38.2. The molecule has 4 aromatic rings. The summed E-state index contributed by atoms with van der Waals surface area (Å²) in [7, 11) is 0. The largest absolute Gasteiger partial charge is 1.00 e. The summed E-state index contributed by atoms with van der Waals surface area (Å²) in [6.07, 6.45) is 9.68. The Bertz CT molecular complexity index is 1790. The van der Waals surface area contributed by atoms with Crippen LogP contribution in [0.2, 0.25) is 0 Å². The van der Waals surface area contributed by atoms with E-state index in [-0.39, 0.29) is 115 Å². The van der Waals surface area contributed by atoms with Gasteiger partial charge in [-0.15, -0.1) is 0 Å². The van der Waals surface area contributed by atoms with Crippen LogP contribution in [-0.4, -0.2) is 40.5 Å². The Morgan fingerprint density at radius 2 is 0.907 bits per heavy atom. The number of rotatable bonds is 16. The molecule has 0 spiro atoms. The molecule has 16 nitrogen and oxygen atoms in total. The average molecular weight is 803 g/mol. The number of benzene rings is 4. The number of nitro benzene ring substituents is 2. The van der Waals surface area contributed by atoms with Crippen molar-refractivity contribution >= 4 is 34.1 Å². The van der Waals surface area contributed by atoms with Crippen molar-refractivity contribution in [2.45, 2.75) is 78.1 Å². The van der Waals surface area contributed by atoms with Gasteiger partial charge >= 0.3 is 29.6 Å². The summed E-state index contributed by atoms with van der Waals surface area (Å²) < 4.78 is 0. The predicted octanol–water partition coefficient (Wildman–Crippen LogP) is 3.66. The number of azo groups is 2. The summed E-state index contributed by atoms with van der Waals surface area (Å²) in [4.78, 5) is 20.4. The number of nitro groups is 2. The van der Waals surface area contributed by atoms with Gasteiger partial charge in [0.05, 0.1) is 22.0 Å². The Kier molecular flexibility index (Phi) is 20.8. The third kappa shape index (κ3) is 14.5. The maximum Gasteiger partial charge on any atom is 1.00 e. The molecule has 0 unspecified atom stereocenters. The van der Waals surface area contributed by atoms with Gasteiger partial charge in [-0.2, -0.15) is 0 Å². The van der Waals surface area contributed by atoms with E-state index in [0.29, 0.717) is 24.0 Å². The third-order valence-corrected chi connectivity index (χ3v) is 7.93. The maximum absolute atomic E-state index is 10.8. The van der Waals surface area contributed by atoms with E-state index < -0.39 is 9.85 Å². The molecular weight excluding hydrogens is 758 g/mol. The predicted molar refractivity (Wildman–Crippen MR) is 190 cm³/mol. The third-order valence-electron chi connectivity index (χ3n) is 7.93. The van der Waals surface area contributed by atoms with Gasteiger partial charge in [0.15, 0.2) is 22.9 Å². The number of nitrogens with zero attached hydrogens (tertiary/aromatic N) is 4. The van der Waals surface area contributed by atoms with Gasteiger partial charge < -0.3 is 30.6 Å². The van der Waals surface area contributed by atoms with Crippen LogP contribution >= 0.6 is 0 Å². The molecule has 0 aliphatic rings. The van der Waals surface area contributed by atoms with Crippen molar-refractivity contribution in [2.75, 3.05) is 0 Å². The molecule has 0 heterocycles. The van der Waals surface area contributed by atoms with Crippen molar-refractivity contribution in [3.05, 3.63) is 92.0 Å². The fourth-order valence-corrected chi connectivity index (χ4v) is 4.98. The van der Waals surface area contributed by atoms with Crippen LogP contribution in [0.1, 0.15) is 76.3 Å². The molecule has 0 amide bonds. The van der Waals surface area contributed by atoms with Crippen LogP contribution in [0, 0.1) is 20.2 Å². The number of phenols is 6. The molecule has 0 bridgehead atoms. The van der Waals surface area contributed by atoms with E-state index in [0.717, 1.165) is 63.5 Å². The van der Waals surface area contributed by atoms with Crippen LogP contribution < -0.4 is 39.8 Å². The minimum Gasteiger partial charge on any atom is -0.508 e. The van der Waals surface area contributed by atoms with Crippen molar-refractivity contribution in [3.8, 4) is 34.5 Å². The van der Waals surface area contributed by atoms with Gasteiger partial charge in [0.2, 0.25) is 0 Å². The number of aromatic hydroxyl groups is 6. The van der Waals surface area contributed by atoms with E-state index in [2.05, 4.69) is 34.3 Å². The van der Waals surface area contributed by atoms with E-state index in [4.69, 9.17) is 0 Å². The Labute approximate surface area is 344 Å². The van der Waals surface area contributed by atoms with Gasteiger partial charge in [-0.25, -0.2) is 0 Å². The molecule has 0 saturated carbocycles. The monoisotopic (exact) mass is 802 g/mol. The molecule has 4 rings (SSSR count). The fourth-order valence-electron chi connectivity index (χ4n) is 4.98. The molecule has 0 saturated heterocycles. The molecule has 0 aliphatic heterocycles. The number of hydrogen-bond acceptors (Lipinski definition) is 12. The number of unbranched alkanes of at least 4 members (excludes halogenated alkanes) is 6. The smallest absolute Gasteiger partial charge is 0.508 e. The summed E-state index contributed by atoms with van der Waals surface area (Å²) in [5.41, 5.74) is 1.32. The van der Waals surface area contributed by atoms with Gasteiger partial charge in [0.1, 0.15) is 23.0 Å². The van der Waals surface area contributed by atoms with Crippen molar-refractivity contribution in [1.82, 2.24) is 0 Å². The Hall–Kier alpha value is -4.81. The summed E-state index contributed by atoms with van der Waals surface area (Å²) in [5.74, 6) is -0.894. The van der Waals surface area contributed by atoms with E-state index in [1.54, 1.807) is 12.1 Å². The summed E-state index contributed by atoms with van der Waals surface area (Å²) in [6.45, 7) is 4.23. The molecule has 0 aliphatic carbocycles. The standard InChI is InChI=1S/2C18H21N3O5.Co.Na/c2*1-2-3-4-5-6-12-9-14(18(24)11-17(12)23)19-20-15-10-13(21(25)26)7-8-16(15)22;;/h2*7-11,22-24H,2-6H2,1H3;;/q;;;+1/p+2. The van der Waals surface area contributed by atoms with Gasteiger partial charge in [-0.3, -0.25) is 20.2 Å². The quantitative estimate of drug-likeness (QED) is 0.0155. The van der Waals surface area contributed by atoms with Crippen LogP contribution in [0.15, 0.2) is 70.9 Å². The summed E-state index contributed by atoms with van der Waals surface area (Å²) in [6, 6.07) is 12.5. The first kappa shape index (κ1) is 47.2. The van der Waals surface area contributed by atoms with Crippen LogP contribution in [0.4, 0.5) is 34.1 Å². The first-order valence-corrected chi connectivity index (χ1v) is 16.8. The zero-order valence-electron chi connectivity index (χ0n) is 30.3. The van der Waals surface area contributed by atoms with Crippen LogP contribution in [0.25, 0.3) is 0 Å². The van der Waals surface area contributed by atoms with Crippen LogP contribution in [0.5, 0.6) is 34.5 Å². The van der Waals surface area contributed by atoms with Crippen molar-refractivity contribution in [3.63, 3.8) is 0 Å². The summed E-state index contributed by atoms with van der Waals surface area (Å²) in [5, 5.41) is 94.0. The minimum absolute atomic E-state index is 0. The minimum atomic E-state index is -0.592. The molecule has 1 radical (unpaired) electrons. The molecule has 285 valence electrons. The van der Waals surface area contributed by atoms with Gasteiger partial charge in [0, 0.05) is 74.5 Å². The van der Waals surface area contributed by atoms with Crippen LogP contribution in [-0.2, 0) is 29.6 Å². The number of aryl methyl sites for hydroxylation is 2. The second-order valence-corrected chi connectivity index (χ2v) is 11.9. The first-order chi connectivity index (χ1) is 24.8. The summed E-state index contributed by atoms with van der Waals surface area (Å²) >= 11 is 0. The molecule has 0 atom stereocenters. The van der Waals surface area contributed by atoms with E-state index in [9.17, 15) is 50.9 Å². The van der Waals surface area contributed by atoms with Crippen molar-refractivity contribution in [2.24, 2.45) is 10.2 Å². The Morgan fingerprint density at radius 3 is 1.24 bits per heavy atom. The number of nitrogens with one attached hydrogen (secondary N) is 2. The topological polar surface area (TPSA) is 260 Å². The molecule has 4 aromatic carbocycles. The zero-order valence-corrected chi connectivity index (χ0v) is 33.3. The van der Waals surface area contributed by atoms with E-state index in [1.807, 2.05) is 0 Å². The van der Waals surface area contributed by atoms with E-state index in [1.165, 1.54) is 36.4 Å². The maximum atomic E-state index is 10.8. The Balaban J connectivity index is 0.000000521. The SMILES string of the molecule is CCCCCCc1cc([NH+]=Nc2cc([N+](=O)[O-])ccc2O)c(O)cc1O.CCCCCCc1cc([NH+]=Nc2cc([N+](=O)[O-])ccc2O)c(O)cc1O.[Co].[Na+]. The molecule has 0 fully saturated rings. The molecule has 8 N–H and O–H groups in total. The molecule has 18 heteroatoms. The molecular formula is C36H44CoN6NaO10+3. The second-order valence-electron chi connectivity index (χ2n) is 11.9. The van der Waals surface area contributed by atoms with Gasteiger partial charge in [-0.1, -0.05) is 62.6 Å². The molecule has 54 heavy (non-hydrogen) atoms. The average Bonchev–Trinajstić information content (AvgIpc) is 3.10. The fraction of sp³-hybridized carbons (Fsp3) is 0.333. The second kappa shape index (κ2) is 23.8. The Morgan fingerprint density at radius 1 is 0.537 bits per heavy atom. The van der Waals surface area contributed by atoms with Crippen molar-refractivity contribution < 1.29 is 97.1 Å². The normalized spacial score (nSPS) is 10.7. The first-order valence-electron chi connectivity index (χ1n) is 16.8. The van der Waals surface area contributed by atoms with Gasteiger partial charge in [0.25, 0.3) is 22.7 Å². The number of hydrogen-bond donors (Lipinski definition) is 8. The van der Waals surface area contributed by atoms with Gasteiger partial charge in [-0.05, 0) is 37.8 Å². The van der Waals surface area contributed by atoms with E-state index >= 15 is 0 Å². The number of non-ortho nitro benzene ring substituents is 2. The van der Waals surface area contributed by atoms with Crippen LogP contribution in [0.3, 0.4) is 0 Å². The molecule has 0 aromatic heterocycles. The van der Waals surface area contributed by atoms with Crippen molar-refractivity contribution in [1.29, 1.82) is 0 Å². The number of phenolic OH excluding ortho intramolecular Hbond substituents is 6.